The van der Waals surface area contributed by atoms with Gasteiger partial charge in [-0.2, -0.15) is 0 Å². The van der Waals surface area contributed by atoms with Crippen molar-refractivity contribution in [2.75, 3.05) is 26.7 Å². The Morgan fingerprint density at radius 3 is 2.73 bits per heavy atom. The molecule has 4 heteroatoms. The van der Waals surface area contributed by atoms with Crippen LogP contribution in [0.15, 0.2) is 16.5 Å². The van der Waals surface area contributed by atoms with E-state index in [9.17, 15) is 4.79 Å². The number of aliphatic hydroxyl groups excluding tert-OH is 1. The first-order valence-electron chi connectivity index (χ1n) is 5.02. The lowest BCUT2D eigenvalue weighted by atomic mass is 10.2. The summed E-state index contributed by atoms with van der Waals surface area (Å²) in [6.45, 7) is 3.16. The number of likely N-dealkylation sites (N-methyl/N-ethyl adjacent to an activating group) is 1. The Morgan fingerprint density at radius 1 is 1.47 bits per heavy atom. The Bertz CT molecular complexity index is 319. The molecule has 1 rings (SSSR count). The molecule has 0 aliphatic heterocycles. The second-order valence-electron chi connectivity index (χ2n) is 3.61. The minimum Gasteiger partial charge on any atom is -0.458 e. The topological polar surface area (TPSA) is 53.7 Å². The molecule has 0 amide bonds. The van der Waals surface area contributed by atoms with Crippen LogP contribution < -0.4 is 0 Å². The van der Waals surface area contributed by atoms with Crippen molar-refractivity contribution in [3.8, 4) is 0 Å². The summed E-state index contributed by atoms with van der Waals surface area (Å²) in [4.78, 5) is 13.5. The molecule has 0 atom stereocenters. The lowest BCUT2D eigenvalue weighted by Gasteiger charge is -2.13. The summed E-state index contributed by atoms with van der Waals surface area (Å²) >= 11 is 0. The standard InChI is InChI=1S/C11H17NO3/c1-9-3-4-11(15-9)10(14)5-6-12(2)7-8-13/h3-4,13H,5-8H2,1-2H3. The van der Waals surface area contributed by atoms with E-state index in [4.69, 9.17) is 9.52 Å². The molecule has 0 saturated heterocycles. The minimum absolute atomic E-state index is 0.00731. The van der Waals surface area contributed by atoms with Gasteiger partial charge in [0.2, 0.25) is 0 Å². The van der Waals surface area contributed by atoms with E-state index in [0.717, 1.165) is 5.76 Å². The summed E-state index contributed by atoms with van der Waals surface area (Å²) < 4.78 is 5.22. The third-order valence-electron chi connectivity index (χ3n) is 2.22. The van der Waals surface area contributed by atoms with Crippen LogP contribution in [0.2, 0.25) is 0 Å². The Kier molecular flexibility index (Phi) is 4.52. The van der Waals surface area contributed by atoms with Gasteiger partial charge in [-0.05, 0) is 26.1 Å². The second kappa shape index (κ2) is 5.68. The van der Waals surface area contributed by atoms with E-state index in [2.05, 4.69) is 0 Å². The van der Waals surface area contributed by atoms with Crippen molar-refractivity contribution in [1.29, 1.82) is 0 Å². The van der Waals surface area contributed by atoms with Gasteiger partial charge in [-0.15, -0.1) is 0 Å². The van der Waals surface area contributed by atoms with E-state index in [0.29, 0.717) is 25.3 Å². The van der Waals surface area contributed by atoms with Gasteiger partial charge in [0.1, 0.15) is 5.76 Å². The van der Waals surface area contributed by atoms with Crippen LogP contribution in [0.1, 0.15) is 22.7 Å². The summed E-state index contributed by atoms with van der Waals surface area (Å²) in [6, 6.07) is 3.48. The lowest BCUT2D eigenvalue weighted by molar-refractivity contribution is 0.0936. The number of aryl methyl sites for hydroxylation is 1. The predicted octanol–water partition coefficient (Wildman–Crippen LogP) is 1.08. The normalized spacial score (nSPS) is 10.9. The maximum absolute atomic E-state index is 11.6. The fraction of sp³-hybridized carbons (Fsp3) is 0.545. The van der Waals surface area contributed by atoms with Crippen LogP contribution in [-0.2, 0) is 0 Å². The number of nitrogens with zero attached hydrogens (tertiary/aromatic N) is 1. The Labute approximate surface area is 89.5 Å². The highest BCUT2D eigenvalue weighted by molar-refractivity contribution is 5.93. The third-order valence-corrected chi connectivity index (χ3v) is 2.22. The maximum atomic E-state index is 11.6. The van der Waals surface area contributed by atoms with Crippen LogP contribution in [0.5, 0.6) is 0 Å². The highest BCUT2D eigenvalue weighted by Crippen LogP contribution is 2.08. The van der Waals surface area contributed by atoms with Gasteiger partial charge in [-0.3, -0.25) is 4.79 Å². The predicted molar refractivity (Wildman–Crippen MR) is 57.0 cm³/mol. The summed E-state index contributed by atoms with van der Waals surface area (Å²) in [5.41, 5.74) is 0. The zero-order chi connectivity index (χ0) is 11.3. The molecule has 0 saturated carbocycles. The number of ketones is 1. The molecule has 0 spiro atoms. The molecule has 0 aliphatic carbocycles. The smallest absolute Gasteiger partial charge is 0.199 e. The zero-order valence-corrected chi connectivity index (χ0v) is 9.19. The quantitative estimate of drug-likeness (QED) is 0.715. The maximum Gasteiger partial charge on any atom is 0.199 e. The molecule has 1 aromatic heterocycles. The molecule has 0 aliphatic rings. The molecule has 0 unspecified atom stereocenters. The average Bonchev–Trinajstić information content (AvgIpc) is 2.62. The molecular formula is C11H17NO3. The van der Waals surface area contributed by atoms with Gasteiger partial charge in [-0.25, -0.2) is 0 Å². The van der Waals surface area contributed by atoms with E-state index < -0.39 is 0 Å². The molecule has 4 nitrogen and oxygen atoms in total. The van der Waals surface area contributed by atoms with Crippen LogP contribution in [0, 0.1) is 6.92 Å². The van der Waals surface area contributed by atoms with Gasteiger partial charge in [0.15, 0.2) is 11.5 Å². The molecule has 15 heavy (non-hydrogen) atoms. The molecule has 0 aromatic carbocycles. The SMILES string of the molecule is Cc1ccc(C(=O)CCN(C)CCO)o1. The van der Waals surface area contributed by atoms with Gasteiger partial charge in [-0.1, -0.05) is 0 Å². The van der Waals surface area contributed by atoms with E-state index in [1.807, 2.05) is 18.9 Å². The number of hydrogen-bond donors (Lipinski definition) is 1. The monoisotopic (exact) mass is 211 g/mol. The molecule has 1 N–H and O–H groups in total. The number of aliphatic hydroxyl groups is 1. The fourth-order valence-corrected chi connectivity index (χ4v) is 1.28. The Balaban J connectivity index is 2.36. The summed E-state index contributed by atoms with van der Waals surface area (Å²) in [5.74, 6) is 1.18. The molecule has 0 radical (unpaired) electrons. The largest absolute Gasteiger partial charge is 0.458 e. The van der Waals surface area contributed by atoms with Gasteiger partial charge < -0.3 is 14.4 Å². The Hall–Kier alpha value is -1.13. The first-order chi connectivity index (χ1) is 7.13. The first-order valence-corrected chi connectivity index (χ1v) is 5.02. The third kappa shape index (κ3) is 3.85. The van der Waals surface area contributed by atoms with Crippen molar-refractivity contribution < 1.29 is 14.3 Å². The van der Waals surface area contributed by atoms with E-state index in [-0.39, 0.29) is 12.4 Å². The molecule has 84 valence electrons. The first kappa shape index (κ1) is 11.9. The van der Waals surface area contributed by atoms with Crippen LogP contribution in [0.3, 0.4) is 0 Å². The van der Waals surface area contributed by atoms with Crippen LogP contribution in [-0.4, -0.2) is 42.5 Å². The molecular weight excluding hydrogens is 194 g/mol. The van der Waals surface area contributed by atoms with Crippen molar-refractivity contribution >= 4 is 5.78 Å². The van der Waals surface area contributed by atoms with Gasteiger partial charge in [0.05, 0.1) is 6.61 Å². The number of hydrogen-bond acceptors (Lipinski definition) is 4. The van der Waals surface area contributed by atoms with E-state index in [1.54, 1.807) is 12.1 Å². The Morgan fingerprint density at radius 2 is 2.20 bits per heavy atom. The van der Waals surface area contributed by atoms with E-state index in [1.165, 1.54) is 0 Å². The van der Waals surface area contributed by atoms with Gasteiger partial charge in [0.25, 0.3) is 0 Å². The highest BCUT2D eigenvalue weighted by atomic mass is 16.3. The number of Topliss-reactive ketones (excluding diaryl/α,β-unsaturated/α-hetero) is 1. The number of carbonyl (C=O) groups excluding carboxylic acids is 1. The summed E-state index contributed by atoms with van der Waals surface area (Å²) in [7, 11) is 1.87. The van der Waals surface area contributed by atoms with Crippen LogP contribution in [0.4, 0.5) is 0 Å². The zero-order valence-electron chi connectivity index (χ0n) is 9.19. The molecule has 1 aromatic rings. The van der Waals surface area contributed by atoms with E-state index >= 15 is 0 Å². The average molecular weight is 211 g/mol. The highest BCUT2D eigenvalue weighted by Gasteiger charge is 2.10. The van der Waals surface area contributed by atoms with Crippen molar-refractivity contribution in [2.45, 2.75) is 13.3 Å². The number of furan rings is 1. The lowest BCUT2D eigenvalue weighted by Crippen LogP contribution is -2.24. The van der Waals surface area contributed by atoms with Crippen LogP contribution >= 0.6 is 0 Å². The van der Waals surface area contributed by atoms with Gasteiger partial charge >= 0.3 is 0 Å². The van der Waals surface area contributed by atoms with Crippen molar-refractivity contribution in [3.63, 3.8) is 0 Å². The second-order valence-corrected chi connectivity index (χ2v) is 3.61. The molecule has 0 fully saturated rings. The molecule has 1 heterocycles. The minimum atomic E-state index is 0.00731. The summed E-state index contributed by atoms with van der Waals surface area (Å²) in [6.07, 6.45) is 0.420. The van der Waals surface area contributed by atoms with Gasteiger partial charge in [0, 0.05) is 19.5 Å². The fourth-order valence-electron chi connectivity index (χ4n) is 1.28. The van der Waals surface area contributed by atoms with Crippen LogP contribution in [0.25, 0.3) is 0 Å². The van der Waals surface area contributed by atoms with Crippen molar-refractivity contribution in [2.24, 2.45) is 0 Å². The number of carbonyl (C=O) groups is 1. The van der Waals surface area contributed by atoms with Crippen molar-refractivity contribution in [3.05, 3.63) is 23.7 Å². The number of rotatable bonds is 6. The summed E-state index contributed by atoms with van der Waals surface area (Å²) in [5, 5.41) is 8.68. The van der Waals surface area contributed by atoms with Crippen molar-refractivity contribution in [1.82, 2.24) is 4.90 Å². The molecule has 0 bridgehead atoms.